The molecule has 2 rings (SSSR count). The molecule has 2 aromatic carbocycles. The van der Waals surface area contributed by atoms with Gasteiger partial charge in [0.2, 0.25) is 10.0 Å². The van der Waals surface area contributed by atoms with Crippen molar-refractivity contribution < 1.29 is 22.7 Å². The number of hydrogen-bond donors (Lipinski definition) is 2. The molecule has 0 aromatic heterocycles. The third-order valence-corrected chi connectivity index (χ3v) is 4.41. The lowest BCUT2D eigenvalue weighted by Gasteiger charge is -2.14. The molecule has 0 saturated carbocycles. The van der Waals surface area contributed by atoms with E-state index in [2.05, 4.69) is 5.32 Å². The molecule has 0 radical (unpaired) electrons. The number of sulfonamides is 1. The number of benzene rings is 2. The average molecular weight is 392 g/mol. The number of primary sulfonamides is 1. The lowest BCUT2D eigenvalue weighted by molar-refractivity contribution is 0.102. The Hall–Kier alpha value is -2.58. The first-order valence-electron chi connectivity index (χ1n) is 8.54. The molecule has 0 aliphatic heterocycles. The minimum Gasteiger partial charge on any atom is -0.490 e. The zero-order valence-corrected chi connectivity index (χ0v) is 16.4. The van der Waals surface area contributed by atoms with Gasteiger partial charge in [-0.15, -0.1) is 0 Å². The molecule has 8 heteroatoms. The van der Waals surface area contributed by atoms with E-state index in [-0.39, 0.29) is 4.90 Å². The molecule has 0 aliphatic rings. The number of nitrogens with two attached hydrogens (primary N) is 1. The van der Waals surface area contributed by atoms with Crippen LogP contribution in [0.25, 0.3) is 0 Å². The molecule has 7 nitrogen and oxygen atoms in total. The van der Waals surface area contributed by atoms with E-state index < -0.39 is 15.9 Å². The number of rotatable bonds is 8. The highest BCUT2D eigenvalue weighted by Crippen LogP contribution is 2.29. The van der Waals surface area contributed by atoms with E-state index in [4.69, 9.17) is 14.6 Å². The zero-order valence-electron chi connectivity index (χ0n) is 15.6. The van der Waals surface area contributed by atoms with Gasteiger partial charge < -0.3 is 14.8 Å². The summed E-state index contributed by atoms with van der Waals surface area (Å²) in [4.78, 5) is 12.4. The Morgan fingerprint density at radius 2 is 1.85 bits per heavy atom. The maximum Gasteiger partial charge on any atom is 0.255 e. The molecule has 0 fully saturated rings. The van der Waals surface area contributed by atoms with Crippen LogP contribution >= 0.6 is 0 Å². The predicted molar refractivity (Wildman–Crippen MR) is 104 cm³/mol. The first kappa shape index (κ1) is 20.7. The molecule has 0 saturated heterocycles. The van der Waals surface area contributed by atoms with Crippen molar-refractivity contribution in [2.75, 3.05) is 18.5 Å². The van der Waals surface area contributed by atoms with Gasteiger partial charge >= 0.3 is 0 Å². The third-order valence-electron chi connectivity index (χ3n) is 3.50. The normalized spacial score (nSPS) is 11.3. The Balaban J connectivity index is 2.22. The fourth-order valence-electron chi connectivity index (χ4n) is 2.25. The van der Waals surface area contributed by atoms with Gasteiger partial charge in [-0.05, 0) is 49.2 Å². The van der Waals surface area contributed by atoms with Crippen LogP contribution in [0.4, 0.5) is 5.69 Å². The van der Waals surface area contributed by atoms with E-state index >= 15 is 0 Å². The molecule has 3 N–H and O–H groups in total. The Labute approximate surface area is 159 Å². The van der Waals surface area contributed by atoms with Gasteiger partial charge in [-0.1, -0.05) is 19.9 Å². The molecular formula is C19H24N2O5S. The monoisotopic (exact) mass is 392 g/mol. The van der Waals surface area contributed by atoms with Gasteiger partial charge in [0.15, 0.2) is 11.5 Å². The first-order valence-corrected chi connectivity index (χ1v) is 10.1. The van der Waals surface area contributed by atoms with Gasteiger partial charge in [0.25, 0.3) is 5.91 Å². The van der Waals surface area contributed by atoms with Crippen LogP contribution in [0.15, 0.2) is 47.4 Å². The van der Waals surface area contributed by atoms with Crippen molar-refractivity contribution in [3.63, 3.8) is 0 Å². The minimum absolute atomic E-state index is 0.0762. The Morgan fingerprint density at radius 1 is 1.11 bits per heavy atom. The van der Waals surface area contributed by atoms with Crippen molar-refractivity contribution in [3.8, 4) is 11.5 Å². The van der Waals surface area contributed by atoms with Crippen LogP contribution < -0.4 is 19.9 Å². The van der Waals surface area contributed by atoms with E-state index in [0.717, 1.165) is 0 Å². The quantitative estimate of drug-likeness (QED) is 0.718. The highest BCUT2D eigenvalue weighted by atomic mass is 32.2. The highest BCUT2D eigenvalue weighted by Gasteiger charge is 2.14. The van der Waals surface area contributed by atoms with Gasteiger partial charge in [-0.2, -0.15) is 0 Å². The Morgan fingerprint density at radius 3 is 2.48 bits per heavy atom. The fraction of sp³-hybridized carbons (Fsp3) is 0.316. The van der Waals surface area contributed by atoms with Crippen LogP contribution in [-0.2, 0) is 10.0 Å². The summed E-state index contributed by atoms with van der Waals surface area (Å²) in [5.41, 5.74) is 0.681. The van der Waals surface area contributed by atoms with Gasteiger partial charge in [-0.25, -0.2) is 13.6 Å². The summed E-state index contributed by atoms with van der Waals surface area (Å²) in [6.07, 6.45) is 0. The van der Waals surface area contributed by atoms with Gasteiger partial charge in [0, 0.05) is 11.3 Å². The molecule has 2 aromatic rings. The Bertz CT molecular complexity index is 910. The summed E-state index contributed by atoms with van der Waals surface area (Å²) < 4.78 is 34.2. The summed E-state index contributed by atoms with van der Waals surface area (Å²) in [7, 11) is -3.85. The van der Waals surface area contributed by atoms with Gasteiger partial charge in [0.05, 0.1) is 18.1 Å². The summed E-state index contributed by atoms with van der Waals surface area (Å²) in [5, 5.41) is 7.77. The fourth-order valence-corrected chi connectivity index (χ4v) is 2.81. The Kier molecular flexibility index (Phi) is 6.81. The van der Waals surface area contributed by atoms with Gasteiger partial charge in [0.1, 0.15) is 0 Å². The smallest absolute Gasteiger partial charge is 0.255 e. The third kappa shape index (κ3) is 5.97. The molecule has 0 atom stereocenters. The second-order valence-electron chi connectivity index (χ2n) is 6.33. The van der Waals surface area contributed by atoms with Gasteiger partial charge in [-0.3, -0.25) is 4.79 Å². The molecule has 1 amide bonds. The van der Waals surface area contributed by atoms with Crippen molar-refractivity contribution in [1.29, 1.82) is 0 Å². The van der Waals surface area contributed by atoms with E-state index in [1.54, 1.807) is 24.3 Å². The molecule has 0 bridgehead atoms. The molecule has 146 valence electrons. The predicted octanol–water partition coefficient (Wildman–Crippen LogP) is 3.02. The lowest BCUT2D eigenvalue weighted by atomic mass is 10.1. The maximum absolute atomic E-state index is 12.5. The molecule has 0 heterocycles. The summed E-state index contributed by atoms with van der Waals surface area (Å²) >= 11 is 0. The van der Waals surface area contributed by atoms with Crippen LogP contribution in [0.2, 0.25) is 0 Å². The van der Waals surface area contributed by atoms with Crippen molar-refractivity contribution in [3.05, 3.63) is 48.0 Å². The summed E-state index contributed by atoms with van der Waals surface area (Å²) in [6.45, 7) is 6.89. The number of ether oxygens (including phenoxy) is 2. The number of amides is 1. The summed E-state index contributed by atoms with van der Waals surface area (Å²) in [6, 6.07) is 10.6. The van der Waals surface area contributed by atoms with E-state index in [1.807, 2.05) is 20.8 Å². The SMILES string of the molecule is CCOc1cc(C(=O)Nc2cccc(S(N)(=O)=O)c2)ccc1OCC(C)C. The number of carbonyl (C=O) groups is 1. The van der Waals surface area contributed by atoms with Crippen molar-refractivity contribution >= 4 is 21.6 Å². The number of carbonyl (C=O) groups excluding carboxylic acids is 1. The molecule has 0 aliphatic carbocycles. The average Bonchev–Trinajstić information content (AvgIpc) is 2.60. The second kappa shape index (κ2) is 8.88. The van der Waals surface area contributed by atoms with Crippen LogP contribution in [0.3, 0.4) is 0 Å². The van der Waals surface area contributed by atoms with E-state index in [0.29, 0.717) is 41.9 Å². The van der Waals surface area contributed by atoms with Crippen LogP contribution in [0.5, 0.6) is 11.5 Å². The topological polar surface area (TPSA) is 108 Å². The lowest BCUT2D eigenvalue weighted by Crippen LogP contribution is -2.15. The van der Waals surface area contributed by atoms with Crippen LogP contribution in [0, 0.1) is 5.92 Å². The minimum atomic E-state index is -3.85. The summed E-state index contributed by atoms with van der Waals surface area (Å²) in [5.74, 6) is 0.994. The maximum atomic E-state index is 12.5. The zero-order chi connectivity index (χ0) is 20.0. The van der Waals surface area contributed by atoms with E-state index in [1.165, 1.54) is 18.2 Å². The van der Waals surface area contributed by atoms with Crippen LogP contribution in [-0.4, -0.2) is 27.5 Å². The second-order valence-corrected chi connectivity index (χ2v) is 7.89. The number of hydrogen-bond acceptors (Lipinski definition) is 5. The standard InChI is InChI=1S/C19H24N2O5S/c1-4-25-18-10-14(8-9-17(18)26-12-13(2)3)19(22)21-15-6-5-7-16(11-15)27(20,23)24/h5-11,13H,4,12H2,1-3H3,(H,21,22)(H2,20,23,24). The number of nitrogens with one attached hydrogen (secondary N) is 1. The highest BCUT2D eigenvalue weighted by molar-refractivity contribution is 7.89. The van der Waals surface area contributed by atoms with Crippen molar-refractivity contribution in [2.24, 2.45) is 11.1 Å². The largest absolute Gasteiger partial charge is 0.490 e. The van der Waals surface area contributed by atoms with E-state index in [9.17, 15) is 13.2 Å². The molecule has 0 spiro atoms. The molecular weight excluding hydrogens is 368 g/mol. The number of anilines is 1. The molecule has 27 heavy (non-hydrogen) atoms. The van der Waals surface area contributed by atoms with Crippen molar-refractivity contribution in [2.45, 2.75) is 25.7 Å². The molecule has 0 unspecified atom stereocenters. The first-order chi connectivity index (χ1) is 12.7. The van der Waals surface area contributed by atoms with Crippen molar-refractivity contribution in [1.82, 2.24) is 0 Å². The van der Waals surface area contributed by atoms with Crippen LogP contribution in [0.1, 0.15) is 31.1 Å².